The van der Waals surface area contributed by atoms with Crippen LogP contribution in [0.2, 0.25) is 0 Å². The third-order valence-electron chi connectivity index (χ3n) is 7.46. The number of rotatable bonds is 5. The molecule has 0 unspecified atom stereocenters. The van der Waals surface area contributed by atoms with Gasteiger partial charge in [0.15, 0.2) is 0 Å². The van der Waals surface area contributed by atoms with Crippen LogP contribution in [0.3, 0.4) is 0 Å². The molecule has 2 fully saturated rings. The average Bonchev–Trinajstić information content (AvgIpc) is 3.68. The van der Waals surface area contributed by atoms with Gasteiger partial charge in [-0.3, -0.25) is 4.98 Å². The summed E-state index contributed by atoms with van der Waals surface area (Å²) in [5.41, 5.74) is 8.14. The molecule has 3 N–H and O–H groups in total. The van der Waals surface area contributed by atoms with Crippen LogP contribution in [0.15, 0.2) is 66.9 Å². The number of halogens is 3. The van der Waals surface area contributed by atoms with Gasteiger partial charge in [0.2, 0.25) is 0 Å². The summed E-state index contributed by atoms with van der Waals surface area (Å²) in [5, 5.41) is 10.9. The van der Waals surface area contributed by atoms with Crippen LogP contribution in [0.25, 0.3) is 33.3 Å². The first-order valence-electron chi connectivity index (χ1n) is 11.7. The number of benzene rings is 2. The molecule has 2 aliphatic rings. The number of pyridine rings is 2. The molecule has 0 amide bonds. The van der Waals surface area contributed by atoms with Crippen LogP contribution in [0, 0.1) is 11.7 Å². The third kappa shape index (κ3) is 3.70. The molecule has 4 aromatic rings. The Labute approximate surface area is 200 Å². The van der Waals surface area contributed by atoms with E-state index in [9.17, 15) is 18.3 Å². The van der Waals surface area contributed by atoms with Crippen molar-refractivity contribution in [1.82, 2.24) is 9.97 Å². The quantitative estimate of drug-likeness (QED) is 0.364. The molecule has 2 heterocycles. The highest BCUT2D eigenvalue weighted by atomic mass is 19.3. The molecule has 0 aliphatic heterocycles. The van der Waals surface area contributed by atoms with Gasteiger partial charge in [-0.15, -0.1) is 0 Å². The van der Waals surface area contributed by atoms with Gasteiger partial charge < -0.3 is 10.8 Å². The summed E-state index contributed by atoms with van der Waals surface area (Å²) in [4.78, 5) is 8.51. The minimum absolute atomic E-state index is 0.191. The van der Waals surface area contributed by atoms with Crippen molar-refractivity contribution >= 4 is 10.9 Å². The molecule has 0 radical (unpaired) electrons. The highest BCUT2D eigenvalue weighted by Gasteiger charge is 2.58. The van der Waals surface area contributed by atoms with E-state index in [1.807, 2.05) is 24.3 Å². The van der Waals surface area contributed by atoms with E-state index >= 15 is 0 Å². The molecule has 6 rings (SSSR count). The molecule has 7 heteroatoms. The van der Waals surface area contributed by atoms with Crippen molar-refractivity contribution in [3.05, 3.63) is 83.9 Å². The van der Waals surface area contributed by atoms with Crippen molar-refractivity contribution in [1.29, 1.82) is 0 Å². The molecular formula is C28H24F3N3O. The van der Waals surface area contributed by atoms with Gasteiger partial charge in [0, 0.05) is 33.8 Å². The van der Waals surface area contributed by atoms with Crippen molar-refractivity contribution in [2.45, 2.75) is 43.2 Å². The van der Waals surface area contributed by atoms with E-state index < -0.39 is 23.4 Å². The molecule has 2 aromatic carbocycles. The molecule has 0 bridgehead atoms. The van der Waals surface area contributed by atoms with Crippen LogP contribution in [0.4, 0.5) is 13.2 Å². The van der Waals surface area contributed by atoms with Gasteiger partial charge in [0.1, 0.15) is 11.5 Å². The van der Waals surface area contributed by atoms with Gasteiger partial charge in [-0.2, -0.15) is 0 Å². The SMILES string of the molecule is N[C@]1(c2ccc(-c3nc4ccnc(C(F)F)c4cc3-c3ccccc3F)cc2)C[C@](O)(C2CC2)C1. The van der Waals surface area contributed by atoms with Crippen molar-refractivity contribution < 1.29 is 18.3 Å². The largest absolute Gasteiger partial charge is 0.389 e. The van der Waals surface area contributed by atoms with Crippen molar-refractivity contribution in [3.8, 4) is 22.4 Å². The molecule has 0 atom stereocenters. The van der Waals surface area contributed by atoms with Crippen LogP contribution in [0.5, 0.6) is 0 Å². The number of hydrogen-bond acceptors (Lipinski definition) is 4. The summed E-state index contributed by atoms with van der Waals surface area (Å²) in [5.74, 6) is -0.111. The Kier molecular flexibility index (Phi) is 4.99. The number of alkyl halides is 2. The first kappa shape index (κ1) is 22.2. The molecule has 0 saturated heterocycles. The Morgan fingerprint density at radius 2 is 1.69 bits per heavy atom. The summed E-state index contributed by atoms with van der Waals surface area (Å²) < 4.78 is 42.1. The van der Waals surface area contributed by atoms with Crippen LogP contribution >= 0.6 is 0 Å². The zero-order chi connectivity index (χ0) is 24.4. The van der Waals surface area contributed by atoms with Gasteiger partial charge in [-0.1, -0.05) is 42.5 Å². The molecule has 0 spiro atoms. The number of fused-ring (bicyclic) bond motifs is 1. The van der Waals surface area contributed by atoms with E-state index in [0.29, 0.717) is 41.1 Å². The summed E-state index contributed by atoms with van der Waals surface area (Å²) in [6.07, 6.45) is 1.70. The number of hydrogen-bond donors (Lipinski definition) is 2. The Morgan fingerprint density at radius 3 is 2.34 bits per heavy atom. The lowest BCUT2D eigenvalue weighted by Gasteiger charge is -2.52. The van der Waals surface area contributed by atoms with E-state index in [-0.39, 0.29) is 16.6 Å². The molecule has 2 aliphatic carbocycles. The molecular weight excluding hydrogens is 451 g/mol. The summed E-state index contributed by atoms with van der Waals surface area (Å²) in [6, 6.07) is 16.9. The van der Waals surface area contributed by atoms with Crippen molar-refractivity contribution in [3.63, 3.8) is 0 Å². The Morgan fingerprint density at radius 1 is 0.971 bits per heavy atom. The number of nitrogens with zero attached hydrogens (tertiary/aromatic N) is 2. The highest BCUT2D eigenvalue weighted by molar-refractivity contribution is 5.92. The maximum Gasteiger partial charge on any atom is 0.281 e. The number of aliphatic hydroxyl groups is 1. The summed E-state index contributed by atoms with van der Waals surface area (Å²) in [6.45, 7) is 0. The second kappa shape index (κ2) is 7.86. The minimum Gasteiger partial charge on any atom is -0.389 e. The van der Waals surface area contributed by atoms with Crippen LogP contribution in [0.1, 0.15) is 43.4 Å². The van der Waals surface area contributed by atoms with Gasteiger partial charge >= 0.3 is 0 Å². The maximum atomic E-state index is 14.8. The Balaban J connectivity index is 1.45. The van der Waals surface area contributed by atoms with Crippen LogP contribution < -0.4 is 5.73 Å². The first-order chi connectivity index (χ1) is 16.8. The van der Waals surface area contributed by atoms with Gasteiger partial charge in [-0.05, 0) is 55.4 Å². The Hall–Kier alpha value is -3.29. The van der Waals surface area contributed by atoms with E-state index in [1.165, 1.54) is 12.3 Å². The lowest BCUT2D eigenvalue weighted by atomic mass is 9.60. The fraction of sp³-hybridized carbons (Fsp3) is 0.286. The standard InChI is InChI=1S/C28H24F3N3O/c29-22-4-2-1-3-19(22)20-13-21-23(11-12-33-25(21)26(30)31)34-24(20)16-5-7-17(8-6-16)27(32)14-28(35,15-27)18-9-10-18/h1-8,11-13,18,26,35H,9-10,14-15,32H2/t27-,28-. The highest BCUT2D eigenvalue weighted by Crippen LogP contribution is 2.57. The monoisotopic (exact) mass is 475 g/mol. The van der Waals surface area contributed by atoms with Gasteiger partial charge in [0.05, 0.1) is 16.8 Å². The topological polar surface area (TPSA) is 72.0 Å². The first-order valence-corrected chi connectivity index (χ1v) is 11.7. The zero-order valence-corrected chi connectivity index (χ0v) is 18.9. The smallest absolute Gasteiger partial charge is 0.281 e. The molecule has 35 heavy (non-hydrogen) atoms. The number of aromatic nitrogens is 2. The zero-order valence-electron chi connectivity index (χ0n) is 18.9. The van der Waals surface area contributed by atoms with E-state index in [2.05, 4.69) is 9.97 Å². The predicted molar refractivity (Wildman–Crippen MR) is 128 cm³/mol. The second-order valence-corrected chi connectivity index (χ2v) is 9.89. The molecule has 178 valence electrons. The second-order valence-electron chi connectivity index (χ2n) is 9.89. The van der Waals surface area contributed by atoms with E-state index in [4.69, 9.17) is 5.73 Å². The minimum atomic E-state index is -2.78. The van der Waals surface area contributed by atoms with Crippen molar-refractivity contribution in [2.75, 3.05) is 0 Å². The van der Waals surface area contributed by atoms with Crippen LogP contribution in [-0.2, 0) is 5.54 Å². The predicted octanol–water partition coefficient (Wildman–Crippen LogP) is 6.13. The molecule has 2 saturated carbocycles. The molecule has 4 nitrogen and oxygen atoms in total. The van der Waals surface area contributed by atoms with E-state index in [1.54, 1.807) is 30.3 Å². The summed E-state index contributed by atoms with van der Waals surface area (Å²) >= 11 is 0. The van der Waals surface area contributed by atoms with Gasteiger partial charge in [-0.25, -0.2) is 18.2 Å². The lowest BCUT2D eigenvalue weighted by molar-refractivity contribution is -0.106. The lowest BCUT2D eigenvalue weighted by Crippen LogP contribution is -2.60. The third-order valence-corrected chi connectivity index (χ3v) is 7.46. The Bertz CT molecular complexity index is 1430. The van der Waals surface area contributed by atoms with Crippen LogP contribution in [-0.4, -0.2) is 20.7 Å². The van der Waals surface area contributed by atoms with E-state index in [0.717, 1.165) is 18.4 Å². The summed E-state index contributed by atoms with van der Waals surface area (Å²) in [7, 11) is 0. The fourth-order valence-electron chi connectivity index (χ4n) is 5.51. The average molecular weight is 476 g/mol. The fourth-order valence-corrected chi connectivity index (χ4v) is 5.51. The number of nitrogens with two attached hydrogens (primary N) is 1. The van der Waals surface area contributed by atoms with Crippen molar-refractivity contribution in [2.24, 2.45) is 11.7 Å². The van der Waals surface area contributed by atoms with Gasteiger partial charge in [0.25, 0.3) is 6.43 Å². The normalized spacial score (nSPS) is 24.1. The molecule has 2 aromatic heterocycles. The maximum absolute atomic E-state index is 14.8.